The van der Waals surface area contributed by atoms with Gasteiger partial charge in [0.1, 0.15) is 0 Å². The van der Waals surface area contributed by atoms with E-state index in [1.165, 1.54) is 20.0 Å². The summed E-state index contributed by atoms with van der Waals surface area (Å²) in [7, 11) is 3.45. The van der Waals surface area contributed by atoms with Crippen LogP contribution in [0.15, 0.2) is 0 Å². The van der Waals surface area contributed by atoms with Crippen molar-refractivity contribution in [3.63, 3.8) is 0 Å². The summed E-state index contributed by atoms with van der Waals surface area (Å²) in [5.74, 6) is -0.112. The van der Waals surface area contributed by atoms with Gasteiger partial charge in [0.05, 0.1) is 26.4 Å². The Bertz CT molecular complexity index is 207. The first-order valence-corrected chi connectivity index (χ1v) is 6.37. The summed E-state index contributed by atoms with van der Waals surface area (Å²) in [4.78, 5) is 13.6. The first kappa shape index (κ1) is 16.4. The zero-order chi connectivity index (χ0) is 13.3. The molecule has 1 atom stereocenters. The first-order chi connectivity index (χ1) is 8.02. The van der Waals surface area contributed by atoms with E-state index < -0.39 is 0 Å². The Morgan fingerprint density at radius 3 is 2.47 bits per heavy atom. The lowest BCUT2D eigenvalue weighted by atomic mass is 9.97. The first-order valence-electron chi connectivity index (χ1n) is 6.37. The van der Waals surface area contributed by atoms with Crippen LogP contribution in [0, 0.1) is 11.8 Å². The van der Waals surface area contributed by atoms with Crippen molar-refractivity contribution in [2.75, 3.05) is 34.0 Å². The van der Waals surface area contributed by atoms with Crippen molar-refractivity contribution in [1.29, 1.82) is 0 Å². The average Bonchev–Trinajstić information content (AvgIpc) is 2.30. The van der Waals surface area contributed by atoms with Gasteiger partial charge in [-0.15, -0.1) is 0 Å². The van der Waals surface area contributed by atoms with Crippen molar-refractivity contribution in [3.05, 3.63) is 0 Å². The summed E-state index contributed by atoms with van der Waals surface area (Å²) >= 11 is 0. The normalized spacial score (nSPS) is 13.1. The molecule has 0 aromatic heterocycles. The lowest BCUT2D eigenvalue weighted by Gasteiger charge is -2.21. The van der Waals surface area contributed by atoms with E-state index in [9.17, 15) is 4.79 Å². The maximum absolute atomic E-state index is 11.5. The van der Waals surface area contributed by atoms with Gasteiger partial charge >= 0.3 is 5.97 Å². The minimum absolute atomic E-state index is 0.167. The Hall–Kier alpha value is -0.610. The van der Waals surface area contributed by atoms with Crippen LogP contribution in [-0.2, 0) is 14.3 Å². The smallest absolute Gasteiger partial charge is 0.311 e. The van der Waals surface area contributed by atoms with Gasteiger partial charge in [0.2, 0.25) is 0 Å². The fourth-order valence-corrected chi connectivity index (χ4v) is 1.51. The quantitative estimate of drug-likeness (QED) is 0.461. The lowest BCUT2D eigenvalue weighted by molar-refractivity contribution is -0.150. The van der Waals surface area contributed by atoms with Crippen LogP contribution in [0.25, 0.3) is 0 Å². The molecule has 17 heavy (non-hydrogen) atoms. The van der Waals surface area contributed by atoms with Gasteiger partial charge in [0, 0.05) is 0 Å². The van der Waals surface area contributed by atoms with Crippen LogP contribution in [-0.4, -0.2) is 44.9 Å². The minimum atomic E-state index is -0.184. The summed E-state index contributed by atoms with van der Waals surface area (Å²) in [5, 5.41) is 0. The fraction of sp³-hybridized carbons (Fsp3) is 0.923. The number of carbonyl (C=O) groups is 1. The van der Waals surface area contributed by atoms with E-state index in [2.05, 4.69) is 11.8 Å². The predicted molar refractivity (Wildman–Crippen MR) is 68.7 cm³/mol. The molecule has 102 valence electrons. The van der Waals surface area contributed by atoms with Crippen molar-refractivity contribution >= 4 is 5.97 Å². The number of nitrogens with zero attached hydrogens (tertiary/aromatic N) is 1. The molecular weight excluding hydrogens is 218 g/mol. The molecular formula is C13H27NO3. The number of methoxy groups -OCH3 is 1. The van der Waals surface area contributed by atoms with Gasteiger partial charge in [0.15, 0.2) is 0 Å². The van der Waals surface area contributed by atoms with E-state index in [-0.39, 0.29) is 17.8 Å². The third kappa shape index (κ3) is 7.34. The fourth-order valence-electron chi connectivity index (χ4n) is 1.51. The van der Waals surface area contributed by atoms with Crippen molar-refractivity contribution < 1.29 is 14.3 Å². The molecule has 0 aliphatic carbocycles. The van der Waals surface area contributed by atoms with Crippen LogP contribution in [0.5, 0.6) is 0 Å². The van der Waals surface area contributed by atoms with Crippen LogP contribution >= 0.6 is 0 Å². The summed E-state index contributed by atoms with van der Waals surface area (Å²) in [5.41, 5.74) is 0. The Morgan fingerprint density at radius 1 is 1.35 bits per heavy atom. The molecule has 0 aromatic carbocycles. The van der Waals surface area contributed by atoms with Crippen molar-refractivity contribution in [2.24, 2.45) is 11.8 Å². The molecule has 4 nitrogen and oxygen atoms in total. The molecule has 0 N–H and O–H groups in total. The van der Waals surface area contributed by atoms with Gasteiger partial charge in [-0.3, -0.25) is 9.69 Å². The molecule has 1 unspecified atom stereocenters. The standard InChI is InChI=1S/C13H27NO3/c1-6-7-8-14(4)10-17-9-12(11(2)3)13(15)16-5/h11-12H,6-10H2,1-5H3. The summed E-state index contributed by atoms with van der Waals surface area (Å²) < 4.78 is 10.3. The van der Waals surface area contributed by atoms with E-state index in [1.807, 2.05) is 20.9 Å². The largest absolute Gasteiger partial charge is 0.469 e. The van der Waals surface area contributed by atoms with Gasteiger partial charge in [-0.25, -0.2) is 0 Å². The molecule has 4 heteroatoms. The molecule has 0 radical (unpaired) electrons. The Kier molecular flexibility index (Phi) is 9.09. The van der Waals surface area contributed by atoms with Gasteiger partial charge in [0.25, 0.3) is 0 Å². The molecule has 0 aliphatic heterocycles. The van der Waals surface area contributed by atoms with Gasteiger partial charge in [-0.2, -0.15) is 0 Å². The highest BCUT2D eigenvalue weighted by Crippen LogP contribution is 2.13. The van der Waals surface area contributed by atoms with Crippen molar-refractivity contribution in [3.8, 4) is 0 Å². The Balaban J connectivity index is 3.86. The van der Waals surface area contributed by atoms with Gasteiger partial charge < -0.3 is 9.47 Å². The maximum atomic E-state index is 11.5. The molecule has 0 saturated heterocycles. The highest BCUT2D eigenvalue weighted by atomic mass is 16.5. The third-order valence-electron chi connectivity index (χ3n) is 2.81. The molecule has 0 spiro atoms. The zero-order valence-electron chi connectivity index (χ0n) is 11.9. The van der Waals surface area contributed by atoms with Crippen LogP contribution in [0.3, 0.4) is 0 Å². The van der Waals surface area contributed by atoms with Gasteiger partial charge in [-0.1, -0.05) is 27.2 Å². The number of ether oxygens (including phenoxy) is 2. The van der Waals surface area contributed by atoms with Crippen molar-refractivity contribution in [1.82, 2.24) is 4.90 Å². The molecule has 0 rings (SSSR count). The second kappa shape index (κ2) is 9.42. The third-order valence-corrected chi connectivity index (χ3v) is 2.81. The molecule has 0 heterocycles. The number of rotatable bonds is 9. The summed E-state index contributed by atoms with van der Waals surface area (Å²) in [6.07, 6.45) is 2.35. The molecule has 0 saturated carbocycles. The number of hydrogen-bond donors (Lipinski definition) is 0. The maximum Gasteiger partial charge on any atom is 0.311 e. The van der Waals surface area contributed by atoms with Gasteiger partial charge in [-0.05, 0) is 25.9 Å². The van der Waals surface area contributed by atoms with E-state index in [1.54, 1.807) is 0 Å². The number of carbonyl (C=O) groups excluding carboxylic acids is 1. The highest BCUT2D eigenvalue weighted by Gasteiger charge is 2.23. The number of hydrogen-bond acceptors (Lipinski definition) is 4. The average molecular weight is 245 g/mol. The zero-order valence-corrected chi connectivity index (χ0v) is 11.9. The van der Waals surface area contributed by atoms with E-state index in [4.69, 9.17) is 9.47 Å². The van der Waals surface area contributed by atoms with Crippen LogP contribution in [0.1, 0.15) is 33.6 Å². The van der Waals surface area contributed by atoms with Crippen LogP contribution < -0.4 is 0 Å². The molecule has 0 aromatic rings. The summed E-state index contributed by atoms with van der Waals surface area (Å²) in [6, 6.07) is 0. The Morgan fingerprint density at radius 2 is 2.00 bits per heavy atom. The highest BCUT2D eigenvalue weighted by molar-refractivity contribution is 5.72. The predicted octanol–water partition coefficient (Wildman–Crippen LogP) is 2.14. The van der Waals surface area contributed by atoms with Crippen molar-refractivity contribution in [2.45, 2.75) is 33.6 Å². The minimum Gasteiger partial charge on any atom is -0.469 e. The van der Waals surface area contributed by atoms with Crippen LogP contribution in [0.4, 0.5) is 0 Å². The van der Waals surface area contributed by atoms with E-state index >= 15 is 0 Å². The van der Waals surface area contributed by atoms with E-state index in [0.29, 0.717) is 13.3 Å². The topological polar surface area (TPSA) is 38.8 Å². The summed E-state index contributed by atoms with van der Waals surface area (Å²) in [6.45, 7) is 8.21. The lowest BCUT2D eigenvalue weighted by Crippen LogP contribution is -2.30. The number of esters is 1. The Labute approximate surface area is 105 Å². The SMILES string of the molecule is CCCCN(C)COCC(C(=O)OC)C(C)C. The molecule has 0 bridgehead atoms. The second-order valence-corrected chi connectivity index (χ2v) is 4.81. The molecule has 0 aliphatic rings. The molecule has 0 amide bonds. The van der Waals surface area contributed by atoms with Crippen LogP contribution in [0.2, 0.25) is 0 Å². The number of unbranched alkanes of at least 4 members (excludes halogenated alkanes) is 1. The molecule has 0 fully saturated rings. The monoisotopic (exact) mass is 245 g/mol. The second-order valence-electron chi connectivity index (χ2n) is 4.81. The van der Waals surface area contributed by atoms with E-state index in [0.717, 1.165) is 6.54 Å².